The third-order valence-corrected chi connectivity index (χ3v) is 3.15. The Balaban J connectivity index is 2.34. The summed E-state index contributed by atoms with van der Waals surface area (Å²) in [6.45, 7) is 6.13. The highest BCUT2D eigenvalue weighted by molar-refractivity contribution is 5.14. The molecule has 0 spiro atoms. The molecule has 0 aromatic heterocycles. The Labute approximate surface area is 100 Å². The van der Waals surface area contributed by atoms with Crippen LogP contribution in [0.1, 0.15) is 44.6 Å². The maximum Gasteiger partial charge on any atom is -0.0276 e. The van der Waals surface area contributed by atoms with Crippen molar-refractivity contribution in [1.82, 2.24) is 0 Å². The number of aryl methyl sites for hydroxylation is 1. The fourth-order valence-corrected chi connectivity index (χ4v) is 2.12. The highest BCUT2D eigenvalue weighted by atomic mass is 14.1. The van der Waals surface area contributed by atoms with E-state index in [2.05, 4.69) is 49.9 Å². The van der Waals surface area contributed by atoms with Crippen molar-refractivity contribution < 1.29 is 0 Å². The van der Waals surface area contributed by atoms with Crippen LogP contribution in [0, 0.1) is 5.92 Å². The van der Waals surface area contributed by atoms with Crippen LogP contribution in [0.2, 0.25) is 0 Å². The summed E-state index contributed by atoms with van der Waals surface area (Å²) in [4.78, 5) is 0. The number of unbranched alkanes of at least 4 members (excludes halogenated alkanes) is 1. The van der Waals surface area contributed by atoms with Gasteiger partial charge >= 0.3 is 0 Å². The van der Waals surface area contributed by atoms with Crippen LogP contribution in [-0.4, -0.2) is 0 Å². The van der Waals surface area contributed by atoms with Gasteiger partial charge in [0.05, 0.1) is 0 Å². The van der Waals surface area contributed by atoms with E-state index >= 15 is 0 Å². The van der Waals surface area contributed by atoms with Crippen LogP contribution < -0.4 is 0 Å². The van der Waals surface area contributed by atoms with Crippen molar-refractivity contribution in [3.63, 3.8) is 0 Å². The summed E-state index contributed by atoms with van der Waals surface area (Å²) in [5, 5.41) is 0. The summed E-state index contributed by atoms with van der Waals surface area (Å²) in [7, 11) is 0. The molecule has 0 nitrogen and oxygen atoms in total. The van der Waals surface area contributed by atoms with E-state index in [1.807, 2.05) is 0 Å². The van der Waals surface area contributed by atoms with Gasteiger partial charge in [0.2, 0.25) is 0 Å². The van der Waals surface area contributed by atoms with E-state index in [0.717, 1.165) is 5.92 Å². The Morgan fingerprint density at radius 2 is 1.94 bits per heavy atom. The van der Waals surface area contributed by atoms with Crippen molar-refractivity contribution in [3.8, 4) is 0 Å². The van der Waals surface area contributed by atoms with Crippen molar-refractivity contribution >= 4 is 0 Å². The molecule has 0 saturated heterocycles. The maximum absolute atomic E-state index is 3.86. The standard InChI is InChI=1S/C16H24/c1-3-5-10-15(9-4-2)13-14-16-11-7-6-8-12-16/h4,6-8,11-12,15H,2-3,5,9-10,13-14H2,1H3. The highest BCUT2D eigenvalue weighted by Gasteiger charge is 2.06. The van der Waals surface area contributed by atoms with Gasteiger partial charge in [-0.2, -0.15) is 0 Å². The van der Waals surface area contributed by atoms with E-state index in [1.165, 1.54) is 44.1 Å². The Hall–Kier alpha value is -1.04. The normalized spacial score (nSPS) is 12.3. The molecule has 1 aromatic rings. The molecule has 0 radical (unpaired) electrons. The number of allylic oxidation sites excluding steroid dienone is 1. The molecule has 88 valence electrons. The van der Waals surface area contributed by atoms with Crippen LogP contribution in [0.5, 0.6) is 0 Å². The lowest BCUT2D eigenvalue weighted by Crippen LogP contribution is -2.01. The van der Waals surface area contributed by atoms with Gasteiger partial charge in [-0.25, -0.2) is 0 Å². The molecule has 0 saturated carbocycles. The predicted octanol–water partition coefficient (Wildman–Crippen LogP) is 5.00. The summed E-state index contributed by atoms with van der Waals surface area (Å²) < 4.78 is 0. The molecule has 16 heavy (non-hydrogen) atoms. The van der Waals surface area contributed by atoms with Crippen LogP contribution in [-0.2, 0) is 6.42 Å². The molecule has 0 amide bonds. The first-order valence-electron chi connectivity index (χ1n) is 6.51. The van der Waals surface area contributed by atoms with Gasteiger partial charge in [0.25, 0.3) is 0 Å². The van der Waals surface area contributed by atoms with E-state index < -0.39 is 0 Å². The van der Waals surface area contributed by atoms with Gasteiger partial charge in [-0.1, -0.05) is 62.6 Å². The summed E-state index contributed by atoms with van der Waals surface area (Å²) in [6, 6.07) is 10.8. The Morgan fingerprint density at radius 3 is 2.56 bits per heavy atom. The van der Waals surface area contributed by atoms with Crippen molar-refractivity contribution in [2.45, 2.75) is 45.4 Å². The van der Waals surface area contributed by atoms with Gasteiger partial charge in [-0.05, 0) is 30.7 Å². The highest BCUT2D eigenvalue weighted by Crippen LogP contribution is 2.19. The van der Waals surface area contributed by atoms with Gasteiger partial charge < -0.3 is 0 Å². The lowest BCUT2D eigenvalue weighted by molar-refractivity contribution is 0.439. The zero-order valence-corrected chi connectivity index (χ0v) is 10.5. The molecular weight excluding hydrogens is 192 g/mol. The molecule has 1 unspecified atom stereocenters. The van der Waals surface area contributed by atoms with Crippen LogP contribution in [0.4, 0.5) is 0 Å². The first-order valence-corrected chi connectivity index (χ1v) is 6.51. The molecule has 0 N–H and O–H groups in total. The van der Waals surface area contributed by atoms with E-state index in [1.54, 1.807) is 0 Å². The largest absolute Gasteiger partial charge is 0.103 e. The summed E-state index contributed by atoms with van der Waals surface area (Å²) in [6.07, 6.45) is 9.78. The van der Waals surface area contributed by atoms with E-state index in [9.17, 15) is 0 Å². The quantitative estimate of drug-likeness (QED) is 0.536. The first kappa shape index (κ1) is 13.0. The minimum atomic E-state index is 0.831. The van der Waals surface area contributed by atoms with Gasteiger partial charge in [0, 0.05) is 0 Å². The zero-order valence-electron chi connectivity index (χ0n) is 10.5. The van der Waals surface area contributed by atoms with E-state index in [4.69, 9.17) is 0 Å². The third kappa shape index (κ3) is 5.16. The van der Waals surface area contributed by atoms with Crippen LogP contribution in [0.15, 0.2) is 43.0 Å². The Morgan fingerprint density at radius 1 is 1.19 bits per heavy atom. The van der Waals surface area contributed by atoms with E-state index in [-0.39, 0.29) is 0 Å². The first-order chi connectivity index (χ1) is 7.86. The number of benzene rings is 1. The number of rotatable bonds is 8. The zero-order chi connectivity index (χ0) is 11.6. The second-order valence-corrected chi connectivity index (χ2v) is 4.56. The van der Waals surface area contributed by atoms with Crippen molar-refractivity contribution in [2.24, 2.45) is 5.92 Å². The molecule has 0 aliphatic rings. The minimum Gasteiger partial charge on any atom is -0.103 e. The van der Waals surface area contributed by atoms with Crippen LogP contribution in [0.25, 0.3) is 0 Å². The molecule has 0 fully saturated rings. The van der Waals surface area contributed by atoms with Crippen molar-refractivity contribution in [2.75, 3.05) is 0 Å². The molecule has 0 aliphatic heterocycles. The minimum absolute atomic E-state index is 0.831. The van der Waals surface area contributed by atoms with Gasteiger partial charge in [0.15, 0.2) is 0 Å². The molecule has 0 heteroatoms. The molecular formula is C16H24. The Bertz CT molecular complexity index is 273. The van der Waals surface area contributed by atoms with Crippen molar-refractivity contribution in [1.29, 1.82) is 0 Å². The number of hydrogen-bond donors (Lipinski definition) is 0. The molecule has 0 heterocycles. The van der Waals surface area contributed by atoms with E-state index in [0.29, 0.717) is 0 Å². The second kappa shape index (κ2) is 8.15. The summed E-state index contributed by atoms with van der Waals surface area (Å²) in [5.41, 5.74) is 1.47. The fraction of sp³-hybridized carbons (Fsp3) is 0.500. The molecule has 1 rings (SSSR count). The lowest BCUT2D eigenvalue weighted by Gasteiger charge is -2.14. The Kier molecular flexibility index (Phi) is 6.64. The topological polar surface area (TPSA) is 0 Å². The van der Waals surface area contributed by atoms with Crippen molar-refractivity contribution in [3.05, 3.63) is 48.6 Å². The molecule has 0 bridgehead atoms. The lowest BCUT2D eigenvalue weighted by atomic mass is 9.92. The monoisotopic (exact) mass is 216 g/mol. The average Bonchev–Trinajstić information content (AvgIpc) is 2.34. The second-order valence-electron chi connectivity index (χ2n) is 4.56. The van der Waals surface area contributed by atoms with Crippen LogP contribution >= 0.6 is 0 Å². The molecule has 0 aliphatic carbocycles. The summed E-state index contributed by atoms with van der Waals surface area (Å²) in [5.74, 6) is 0.831. The smallest absolute Gasteiger partial charge is 0.0276 e. The van der Waals surface area contributed by atoms with Gasteiger partial charge in [-0.3, -0.25) is 0 Å². The van der Waals surface area contributed by atoms with Gasteiger partial charge in [0.1, 0.15) is 0 Å². The third-order valence-electron chi connectivity index (χ3n) is 3.15. The molecule has 1 aromatic carbocycles. The maximum atomic E-state index is 3.86. The SMILES string of the molecule is C=CCC(CCCC)CCc1ccccc1. The summed E-state index contributed by atoms with van der Waals surface area (Å²) >= 11 is 0. The fourth-order valence-electron chi connectivity index (χ4n) is 2.12. The number of hydrogen-bond acceptors (Lipinski definition) is 0. The van der Waals surface area contributed by atoms with Crippen LogP contribution in [0.3, 0.4) is 0 Å². The molecule has 1 atom stereocenters. The average molecular weight is 216 g/mol. The van der Waals surface area contributed by atoms with Gasteiger partial charge in [-0.15, -0.1) is 6.58 Å². The predicted molar refractivity (Wildman–Crippen MR) is 72.6 cm³/mol.